The number of nitrogens with one attached hydrogen (secondary N) is 1. The molecule has 4 aliphatic rings. The van der Waals surface area contributed by atoms with Crippen LogP contribution in [0.15, 0.2) is 0 Å². The zero-order chi connectivity index (χ0) is 9.38. The van der Waals surface area contributed by atoms with Crippen molar-refractivity contribution in [1.82, 2.24) is 10.2 Å². The van der Waals surface area contributed by atoms with Crippen LogP contribution in [-0.2, 0) is 0 Å². The van der Waals surface area contributed by atoms with Crippen LogP contribution in [0.5, 0.6) is 0 Å². The summed E-state index contributed by atoms with van der Waals surface area (Å²) in [6.07, 6.45) is 7.43. The van der Waals surface area contributed by atoms with Crippen LogP contribution in [0.4, 0.5) is 0 Å². The fourth-order valence-electron chi connectivity index (χ4n) is 3.60. The molecule has 3 aliphatic heterocycles. The Balaban J connectivity index is 1.57. The Labute approximate surface area is 87.0 Å². The minimum atomic E-state index is 0.953. The van der Waals surface area contributed by atoms with Gasteiger partial charge in [0.25, 0.3) is 0 Å². The summed E-state index contributed by atoms with van der Waals surface area (Å²) in [6.45, 7) is 5.33. The maximum atomic E-state index is 3.48. The lowest BCUT2D eigenvalue weighted by atomic mass is 9.79. The van der Waals surface area contributed by atoms with Crippen molar-refractivity contribution in [3.63, 3.8) is 0 Å². The van der Waals surface area contributed by atoms with Crippen LogP contribution in [-0.4, -0.2) is 37.1 Å². The van der Waals surface area contributed by atoms with Crippen molar-refractivity contribution in [2.45, 2.75) is 38.1 Å². The summed E-state index contributed by atoms with van der Waals surface area (Å²) in [4.78, 5) is 2.80. The summed E-state index contributed by atoms with van der Waals surface area (Å²) in [6, 6.07) is 0.959. The zero-order valence-electron chi connectivity index (χ0n) is 9.04. The molecule has 1 N–H and O–H groups in total. The van der Waals surface area contributed by atoms with Gasteiger partial charge in [-0.25, -0.2) is 0 Å². The van der Waals surface area contributed by atoms with Crippen molar-refractivity contribution >= 4 is 0 Å². The zero-order valence-corrected chi connectivity index (χ0v) is 9.04. The maximum absolute atomic E-state index is 3.48. The largest absolute Gasteiger partial charge is 0.316 e. The van der Waals surface area contributed by atoms with E-state index < -0.39 is 0 Å². The number of rotatable bonds is 2. The van der Waals surface area contributed by atoms with E-state index in [1.54, 1.807) is 0 Å². The van der Waals surface area contributed by atoms with Crippen LogP contribution in [0.1, 0.15) is 32.1 Å². The lowest BCUT2D eigenvalue weighted by Crippen LogP contribution is -2.49. The Morgan fingerprint density at radius 1 is 1.07 bits per heavy atom. The Kier molecular flexibility index (Phi) is 2.50. The van der Waals surface area contributed by atoms with Gasteiger partial charge in [0.05, 0.1) is 0 Å². The van der Waals surface area contributed by atoms with Crippen LogP contribution >= 0.6 is 0 Å². The van der Waals surface area contributed by atoms with Gasteiger partial charge in [0, 0.05) is 19.1 Å². The minimum absolute atomic E-state index is 0.953. The number of piperidine rings is 2. The second-order valence-corrected chi connectivity index (χ2v) is 5.49. The molecule has 0 aromatic carbocycles. The van der Waals surface area contributed by atoms with Gasteiger partial charge in [-0.05, 0) is 57.0 Å². The second-order valence-electron chi connectivity index (χ2n) is 5.49. The molecule has 1 unspecified atom stereocenters. The molecule has 3 saturated heterocycles. The lowest BCUT2D eigenvalue weighted by Gasteiger charge is -2.46. The van der Waals surface area contributed by atoms with Crippen molar-refractivity contribution in [3.8, 4) is 0 Å². The van der Waals surface area contributed by atoms with Crippen LogP contribution < -0.4 is 5.32 Å². The molecule has 3 heterocycles. The summed E-state index contributed by atoms with van der Waals surface area (Å²) >= 11 is 0. The molecule has 2 nitrogen and oxygen atoms in total. The molecule has 1 saturated carbocycles. The summed E-state index contributed by atoms with van der Waals surface area (Å²) in [5.41, 5.74) is 0. The average molecular weight is 194 g/mol. The third-order valence-electron chi connectivity index (χ3n) is 4.48. The number of fused-ring (bicyclic) bond motifs is 3. The molecule has 0 radical (unpaired) electrons. The van der Waals surface area contributed by atoms with Crippen molar-refractivity contribution < 1.29 is 0 Å². The van der Waals surface area contributed by atoms with Gasteiger partial charge < -0.3 is 5.32 Å². The first-order valence-corrected chi connectivity index (χ1v) is 6.36. The van der Waals surface area contributed by atoms with Gasteiger partial charge in [-0.3, -0.25) is 4.90 Å². The summed E-state index contributed by atoms with van der Waals surface area (Å²) in [5, 5.41) is 3.48. The molecule has 2 bridgehead atoms. The fourth-order valence-corrected chi connectivity index (χ4v) is 3.60. The predicted octanol–water partition coefficient (Wildman–Crippen LogP) is 1.47. The number of nitrogens with zero attached hydrogens (tertiary/aromatic N) is 1. The molecule has 2 heteroatoms. The topological polar surface area (TPSA) is 15.3 Å². The van der Waals surface area contributed by atoms with E-state index in [-0.39, 0.29) is 0 Å². The van der Waals surface area contributed by atoms with Gasteiger partial charge in [-0.2, -0.15) is 0 Å². The molecule has 0 amide bonds. The summed E-state index contributed by atoms with van der Waals surface area (Å²) < 4.78 is 0. The molecule has 4 rings (SSSR count). The van der Waals surface area contributed by atoms with Crippen LogP contribution in [0.25, 0.3) is 0 Å². The van der Waals surface area contributed by atoms with E-state index in [4.69, 9.17) is 0 Å². The molecule has 14 heavy (non-hydrogen) atoms. The highest BCUT2D eigenvalue weighted by Crippen LogP contribution is 2.35. The first kappa shape index (κ1) is 9.17. The minimum Gasteiger partial charge on any atom is -0.316 e. The summed E-state index contributed by atoms with van der Waals surface area (Å²) in [5.74, 6) is 2.00. The van der Waals surface area contributed by atoms with E-state index in [1.807, 2.05) is 0 Å². The smallest absolute Gasteiger partial charge is 0.00957 e. The molecule has 0 aromatic rings. The first-order chi connectivity index (χ1) is 6.92. The molecule has 80 valence electrons. The first-order valence-electron chi connectivity index (χ1n) is 6.36. The van der Waals surface area contributed by atoms with E-state index in [0.717, 1.165) is 17.9 Å². The van der Waals surface area contributed by atoms with Crippen LogP contribution in [0.2, 0.25) is 0 Å². The normalized spacial score (nSPS) is 43.3. The van der Waals surface area contributed by atoms with E-state index in [9.17, 15) is 0 Å². The molecule has 0 aromatic heterocycles. The molecule has 4 fully saturated rings. The van der Waals surface area contributed by atoms with Gasteiger partial charge in [0.1, 0.15) is 0 Å². The van der Waals surface area contributed by atoms with E-state index in [0.29, 0.717) is 0 Å². The van der Waals surface area contributed by atoms with Crippen LogP contribution in [0, 0.1) is 11.8 Å². The SMILES string of the molecule is C1CC(CN2CC3CCC2CC3)CN1. The predicted molar refractivity (Wildman–Crippen MR) is 58.3 cm³/mol. The third kappa shape index (κ3) is 1.70. The van der Waals surface area contributed by atoms with Gasteiger partial charge in [0.15, 0.2) is 0 Å². The highest BCUT2D eigenvalue weighted by Gasteiger charge is 2.34. The van der Waals surface area contributed by atoms with Gasteiger partial charge in [-0.1, -0.05) is 0 Å². The Morgan fingerprint density at radius 3 is 2.50 bits per heavy atom. The van der Waals surface area contributed by atoms with E-state index in [1.165, 1.54) is 58.3 Å². The highest BCUT2D eigenvalue weighted by atomic mass is 15.2. The Morgan fingerprint density at radius 2 is 1.93 bits per heavy atom. The quantitative estimate of drug-likeness (QED) is 0.716. The highest BCUT2D eigenvalue weighted by molar-refractivity contribution is 4.89. The van der Waals surface area contributed by atoms with Crippen molar-refractivity contribution in [1.29, 1.82) is 0 Å². The Hall–Kier alpha value is -0.0800. The fraction of sp³-hybridized carbons (Fsp3) is 1.00. The standard InChI is InChI=1S/C12H22N2/c1-3-12-4-2-10(1)8-14(12)9-11-5-6-13-7-11/h10-13H,1-9H2. The Bertz CT molecular complexity index is 190. The second kappa shape index (κ2) is 3.82. The van der Waals surface area contributed by atoms with Crippen molar-refractivity contribution in [2.24, 2.45) is 11.8 Å². The van der Waals surface area contributed by atoms with Gasteiger partial charge >= 0.3 is 0 Å². The maximum Gasteiger partial charge on any atom is 0.00957 e. The molecular formula is C12H22N2. The monoisotopic (exact) mass is 194 g/mol. The van der Waals surface area contributed by atoms with Crippen molar-refractivity contribution in [2.75, 3.05) is 26.2 Å². The summed E-state index contributed by atoms with van der Waals surface area (Å²) in [7, 11) is 0. The lowest BCUT2D eigenvalue weighted by molar-refractivity contribution is 0.0384. The van der Waals surface area contributed by atoms with Crippen LogP contribution in [0.3, 0.4) is 0 Å². The van der Waals surface area contributed by atoms with Crippen molar-refractivity contribution in [3.05, 3.63) is 0 Å². The van der Waals surface area contributed by atoms with Gasteiger partial charge in [0.2, 0.25) is 0 Å². The molecule has 0 spiro atoms. The van der Waals surface area contributed by atoms with Gasteiger partial charge in [-0.15, -0.1) is 0 Å². The molecule has 1 aliphatic carbocycles. The number of hydrogen-bond acceptors (Lipinski definition) is 2. The third-order valence-corrected chi connectivity index (χ3v) is 4.48. The van der Waals surface area contributed by atoms with E-state index >= 15 is 0 Å². The average Bonchev–Trinajstić information content (AvgIpc) is 2.72. The van der Waals surface area contributed by atoms with E-state index in [2.05, 4.69) is 10.2 Å². The number of hydrogen-bond donors (Lipinski definition) is 1. The molecule has 1 atom stereocenters. The molecular weight excluding hydrogens is 172 g/mol.